The van der Waals surface area contributed by atoms with Gasteiger partial charge in [-0.05, 0) is 156 Å². The number of aryl methyl sites for hydroxylation is 4. The fourth-order valence-corrected chi connectivity index (χ4v) is 8.71. The molecule has 61 heavy (non-hydrogen) atoms. The summed E-state index contributed by atoms with van der Waals surface area (Å²) < 4.78 is 46.4. The third-order valence-electron chi connectivity index (χ3n) is 11.9. The van der Waals surface area contributed by atoms with Gasteiger partial charge in [0.25, 0.3) is 0 Å². The molecule has 312 valence electrons. The van der Waals surface area contributed by atoms with E-state index in [-0.39, 0.29) is 24.2 Å². The average Bonchev–Trinajstić information content (AvgIpc) is 3.58. The van der Waals surface area contributed by atoms with Crippen molar-refractivity contribution in [1.29, 1.82) is 0 Å². The molecule has 0 aliphatic carbocycles. The molecular formula is C47H48F3N11. The maximum atomic E-state index is 15.2. The zero-order valence-corrected chi connectivity index (χ0v) is 34.9. The van der Waals surface area contributed by atoms with Gasteiger partial charge in [-0.25, -0.2) is 22.7 Å². The highest BCUT2D eigenvalue weighted by molar-refractivity contribution is 5.90. The zero-order valence-electron chi connectivity index (χ0n) is 34.9. The number of benzene rings is 3. The Morgan fingerprint density at radius 3 is 2.34 bits per heavy atom. The predicted molar refractivity (Wildman–Crippen MR) is 234 cm³/mol. The first kappa shape index (κ1) is 40.3. The second-order valence-electron chi connectivity index (χ2n) is 16.4. The predicted octanol–water partition coefficient (Wildman–Crippen LogP) is 9.03. The number of rotatable bonds is 6. The van der Waals surface area contributed by atoms with Gasteiger partial charge in [0.15, 0.2) is 5.65 Å². The summed E-state index contributed by atoms with van der Waals surface area (Å²) in [6.07, 6.45) is 10.7. The molecule has 2 aliphatic rings. The number of fused-ring (bicyclic) bond motifs is 4. The van der Waals surface area contributed by atoms with E-state index in [1.165, 1.54) is 11.6 Å². The lowest BCUT2D eigenvalue weighted by Crippen LogP contribution is -2.26. The fraction of sp³-hybridized carbons (Fsp3) is 0.340. The Morgan fingerprint density at radius 2 is 1.51 bits per heavy atom. The minimum Gasteiger partial charge on any atom is -0.316 e. The van der Waals surface area contributed by atoms with E-state index in [4.69, 9.17) is 0 Å². The van der Waals surface area contributed by atoms with E-state index in [0.29, 0.717) is 45.3 Å². The van der Waals surface area contributed by atoms with Crippen LogP contribution in [0.2, 0.25) is 0 Å². The number of alkyl halides is 1. The molecule has 0 bridgehead atoms. The molecule has 0 radical (unpaired) electrons. The van der Waals surface area contributed by atoms with Crippen molar-refractivity contribution >= 4 is 43.9 Å². The van der Waals surface area contributed by atoms with Crippen LogP contribution in [-0.2, 0) is 7.05 Å². The van der Waals surface area contributed by atoms with Crippen molar-refractivity contribution in [1.82, 2.24) is 55.0 Å². The Bertz CT molecular complexity index is 2950. The molecule has 1 fully saturated rings. The van der Waals surface area contributed by atoms with Crippen LogP contribution in [0.5, 0.6) is 0 Å². The summed E-state index contributed by atoms with van der Waals surface area (Å²) in [5.74, 6) is -0.375. The Hall–Kier alpha value is -6.12. The van der Waals surface area contributed by atoms with Crippen molar-refractivity contribution in [3.05, 3.63) is 113 Å². The van der Waals surface area contributed by atoms with Gasteiger partial charge in [-0.15, -0.1) is 10.2 Å². The molecular weight excluding hydrogens is 776 g/mol. The highest BCUT2D eigenvalue weighted by Gasteiger charge is 2.22. The third-order valence-corrected chi connectivity index (χ3v) is 11.9. The van der Waals surface area contributed by atoms with Crippen LogP contribution in [0, 0.1) is 32.4 Å². The van der Waals surface area contributed by atoms with E-state index >= 15 is 8.78 Å². The Balaban J connectivity index is 0.000000157. The molecule has 1 unspecified atom stereocenters. The molecule has 3 aromatic carbocycles. The van der Waals surface area contributed by atoms with Crippen LogP contribution in [0.1, 0.15) is 66.1 Å². The van der Waals surface area contributed by atoms with Gasteiger partial charge in [0.1, 0.15) is 18.3 Å². The van der Waals surface area contributed by atoms with Crippen molar-refractivity contribution in [3.8, 4) is 22.5 Å². The van der Waals surface area contributed by atoms with Gasteiger partial charge < -0.3 is 10.2 Å². The lowest BCUT2D eigenvalue weighted by atomic mass is 9.95. The molecule has 8 aromatic rings. The van der Waals surface area contributed by atoms with Crippen LogP contribution in [0.3, 0.4) is 0 Å². The van der Waals surface area contributed by atoms with E-state index in [2.05, 4.69) is 51.9 Å². The minimum atomic E-state index is -0.331. The maximum absolute atomic E-state index is 15.2. The summed E-state index contributed by atoms with van der Waals surface area (Å²) in [7, 11) is 1.90. The first-order chi connectivity index (χ1) is 29.6. The van der Waals surface area contributed by atoms with Crippen LogP contribution in [0.25, 0.3) is 66.4 Å². The lowest BCUT2D eigenvalue weighted by Gasteiger charge is -2.18. The molecule has 0 spiro atoms. The Labute approximate surface area is 351 Å². The molecule has 0 amide bonds. The minimum absolute atomic E-state index is 0.215. The van der Waals surface area contributed by atoms with Crippen LogP contribution in [-0.4, -0.2) is 89.1 Å². The molecule has 11 nitrogen and oxygen atoms in total. The van der Waals surface area contributed by atoms with Crippen molar-refractivity contribution in [2.45, 2.75) is 58.8 Å². The molecule has 1 N–H and O–H groups in total. The van der Waals surface area contributed by atoms with Crippen LogP contribution in [0.15, 0.2) is 73.1 Å². The van der Waals surface area contributed by atoms with Gasteiger partial charge >= 0.3 is 0 Å². The summed E-state index contributed by atoms with van der Waals surface area (Å²) in [6, 6.07) is 16.5. The number of hydrogen-bond donors (Lipinski definition) is 1. The highest BCUT2D eigenvalue weighted by Crippen LogP contribution is 2.33. The number of likely N-dealkylation sites (tertiary alicyclic amines) is 1. The normalized spacial score (nSPS) is 16.4. The second kappa shape index (κ2) is 17.1. The molecule has 1 saturated heterocycles. The first-order valence-electron chi connectivity index (χ1n) is 21.0. The Morgan fingerprint density at radius 1 is 0.738 bits per heavy atom. The molecule has 1 atom stereocenters. The average molecular weight is 824 g/mol. The topological polar surface area (TPSA) is 115 Å². The van der Waals surface area contributed by atoms with E-state index in [0.717, 1.165) is 108 Å². The molecule has 7 heterocycles. The standard InChI is InChI=1S/C24H26F2N6.C23H22FN5/c1-15-10-22(30-32-14-16(2)27-24(15)32)18-11-20(26)19-13-21(28-29-23(19)12-18)17-4-3-7-31(8-5-17)9-6-25;1-14-8-17(9-18-13-29(2)28-23(14)18)21-12-19-20(24)10-16(11-22(19)27-26-21)15-4-3-6-25-7-5-15/h10-14,17H,3-9H2,1-2H3;4,8-13,25H,3,5-7H2,1-2H3. The van der Waals surface area contributed by atoms with Crippen molar-refractivity contribution in [2.75, 3.05) is 39.4 Å². The van der Waals surface area contributed by atoms with Gasteiger partial charge in [0, 0.05) is 53.0 Å². The lowest BCUT2D eigenvalue weighted by molar-refractivity contribution is 0.256. The summed E-state index contributed by atoms with van der Waals surface area (Å²) >= 11 is 0. The Kier molecular flexibility index (Phi) is 11.3. The monoisotopic (exact) mass is 823 g/mol. The summed E-state index contributed by atoms with van der Waals surface area (Å²) in [4.78, 5) is 6.62. The van der Waals surface area contributed by atoms with Crippen LogP contribution < -0.4 is 5.32 Å². The van der Waals surface area contributed by atoms with E-state index in [1.807, 2.05) is 76.6 Å². The molecule has 14 heteroatoms. The van der Waals surface area contributed by atoms with E-state index in [9.17, 15) is 4.39 Å². The summed E-state index contributed by atoms with van der Waals surface area (Å²) in [6.45, 7) is 9.66. The van der Waals surface area contributed by atoms with Crippen molar-refractivity contribution < 1.29 is 13.2 Å². The number of nitrogens with one attached hydrogen (secondary N) is 1. The summed E-state index contributed by atoms with van der Waals surface area (Å²) in [5.41, 5.74) is 11.5. The number of imidazole rings is 1. The van der Waals surface area contributed by atoms with Crippen LogP contribution in [0.4, 0.5) is 13.2 Å². The van der Waals surface area contributed by atoms with E-state index in [1.54, 1.807) is 21.3 Å². The number of nitrogens with zero attached hydrogens (tertiary/aromatic N) is 10. The van der Waals surface area contributed by atoms with Gasteiger partial charge in [-0.2, -0.15) is 20.4 Å². The SMILES string of the molecule is Cc1cc(-c2cc3c(F)cc(C4=CCCNCC4)cc3nn2)cc2cn(C)nc12.Cc1cn2nc(-c3cc(F)c4cc(C5CCCN(CCF)CC5)nnc4c3)cc(C)c2n1. The quantitative estimate of drug-likeness (QED) is 0.176. The smallest absolute Gasteiger partial charge is 0.156 e. The molecule has 5 aromatic heterocycles. The fourth-order valence-electron chi connectivity index (χ4n) is 8.71. The first-order valence-corrected chi connectivity index (χ1v) is 21.0. The van der Waals surface area contributed by atoms with Crippen LogP contribution >= 0.6 is 0 Å². The number of aromatic nitrogens is 9. The summed E-state index contributed by atoms with van der Waals surface area (Å²) in [5, 5.41) is 32.0. The van der Waals surface area contributed by atoms with Crippen molar-refractivity contribution in [2.24, 2.45) is 7.05 Å². The molecule has 2 aliphatic heterocycles. The molecule has 10 rings (SSSR count). The largest absolute Gasteiger partial charge is 0.316 e. The molecule has 0 saturated carbocycles. The third kappa shape index (κ3) is 8.47. The maximum Gasteiger partial charge on any atom is 0.156 e. The van der Waals surface area contributed by atoms with Gasteiger partial charge in [-0.3, -0.25) is 4.68 Å². The number of hydrogen-bond acceptors (Lipinski definition) is 9. The van der Waals surface area contributed by atoms with Gasteiger partial charge in [-0.1, -0.05) is 6.08 Å². The number of halogens is 3. The van der Waals surface area contributed by atoms with Crippen molar-refractivity contribution in [3.63, 3.8) is 0 Å². The highest BCUT2D eigenvalue weighted by atomic mass is 19.1. The van der Waals surface area contributed by atoms with E-state index < -0.39 is 0 Å². The van der Waals surface area contributed by atoms with Gasteiger partial charge in [0.05, 0.1) is 45.5 Å². The van der Waals surface area contributed by atoms with Gasteiger partial charge in [0.2, 0.25) is 0 Å². The zero-order chi connectivity index (χ0) is 42.2. The second-order valence-corrected chi connectivity index (χ2v) is 16.4.